The maximum atomic E-state index is 13.5. The highest BCUT2D eigenvalue weighted by atomic mass is 35.5. The van der Waals surface area contributed by atoms with Gasteiger partial charge in [0.2, 0.25) is 6.23 Å². The summed E-state index contributed by atoms with van der Waals surface area (Å²) in [4.78, 5) is 13.3. The molecule has 1 N–H and O–H groups in total. The molecule has 2 unspecified atom stereocenters. The summed E-state index contributed by atoms with van der Waals surface area (Å²) in [5.74, 6) is -0.758. The zero-order valence-corrected chi connectivity index (χ0v) is 15.3. The molecule has 2 atom stereocenters. The number of halogens is 4. The highest BCUT2D eigenvalue weighted by Crippen LogP contribution is 2.36. The van der Waals surface area contributed by atoms with Gasteiger partial charge in [-0.25, -0.2) is 0 Å². The fraction of sp³-hybridized carbons (Fsp3) is 0.211. The molecular weight excluding hydrogens is 409 g/mol. The van der Waals surface area contributed by atoms with E-state index in [1.54, 1.807) is 0 Å². The van der Waals surface area contributed by atoms with Crippen molar-refractivity contribution in [3.05, 3.63) is 58.6 Å². The number of alkyl halides is 3. The number of amides is 1. The molecule has 1 aliphatic heterocycles. The summed E-state index contributed by atoms with van der Waals surface area (Å²) in [6.45, 7) is -0.367. The second-order valence-corrected chi connectivity index (χ2v) is 6.53. The van der Waals surface area contributed by atoms with E-state index >= 15 is 0 Å². The van der Waals surface area contributed by atoms with Crippen molar-refractivity contribution in [1.82, 2.24) is 0 Å². The number of benzene rings is 2. The van der Waals surface area contributed by atoms with Crippen LogP contribution in [0, 0.1) is 22.7 Å². The van der Waals surface area contributed by atoms with Crippen molar-refractivity contribution in [1.29, 1.82) is 10.5 Å². The number of anilines is 2. The number of hydrogen-bond donors (Lipinski definition) is 1. The molecule has 1 aliphatic rings. The zero-order chi connectivity index (χ0) is 21.2. The van der Waals surface area contributed by atoms with Crippen LogP contribution in [0.1, 0.15) is 11.1 Å². The molecule has 6 nitrogen and oxygen atoms in total. The molecule has 2 aromatic carbocycles. The van der Waals surface area contributed by atoms with E-state index < -0.39 is 24.4 Å². The summed E-state index contributed by atoms with van der Waals surface area (Å²) in [6, 6.07) is 13.4. The van der Waals surface area contributed by atoms with Gasteiger partial charge in [-0.2, -0.15) is 23.7 Å². The van der Waals surface area contributed by atoms with E-state index in [9.17, 15) is 18.0 Å². The van der Waals surface area contributed by atoms with Crippen LogP contribution in [-0.2, 0) is 9.53 Å². The molecule has 0 radical (unpaired) electrons. The highest BCUT2D eigenvalue weighted by molar-refractivity contribution is 6.32. The molecule has 0 aliphatic carbocycles. The summed E-state index contributed by atoms with van der Waals surface area (Å²) >= 11 is 5.93. The van der Waals surface area contributed by atoms with Crippen LogP contribution in [0.25, 0.3) is 0 Å². The van der Waals surface area contributed by atoms with Crippen molar-refractivity contribution < 1.29 is 22.7 Å². The number of ether oxygens (including phenoxy) is 1. The minimum Gasteiger partial charge on any atom is -0.335 e. The third kappa shape index (κ3) is 4.43. The fourth-order valence-electron chi connectivity index (χ4n) is 2.81. The van der Waals surface area contributed by atoms with Crippen molar-refractivity contribution in [3.8, 4) is 12.1 Å². The van der Waals surface area contributed by atoms with Gasteiger partial charge in [-0.15, -0.1) is 0 Å². The maximum absolute atomic E-state index is 13.5. The van der Waals surface area contributed by atoms with Gasteiger partial charge >= 0.3 is 6.18 Å². The monoisotopic (exact) mass is 420 g/mol. The lowest BCUT2D eigenvalue weighted by Gasteiger charge is -2.26. The van der Waals surface area contributed by atoms with Gasteiger partial charge in [-0.3, -0.25) is 4.79 Å². The Balaban J connectivity index is 1.81. The predicted octanol–water partition coefficient (Wildman–Crippen LogP) is 3.82. The lowest BCUT2D eigenvalue weighted by molar-refractivity contribution is -0.212. The third-order valence-corrected chi connectivity index (χ3v) is 4.51. The largest absolute Gasteiger partial charge is 0.433 e. The molecule has 29 heavy (non-hydrogen) atoms. The Labute approximate surface area is 168 Å². The van der Waals surface area contributed by atoms with Gasteiger partial charge in [0.1, 0.15) is 6.07 Å². The first-order chi connectivity index (χ1) is 13.7. The molecule has 0 spiro atoms. The quantitative estimate of drug-likeness (QED) is 0.815. The van der Waals surface area contributed by atoms with Gasteiger partial charge < -0.3 is 15.0 Å². The van der Waals surface area contributed by atoms with Crippen LogP contribution in [-0.4, -0.2) is 31.0 Å². The van der Waals surface area contributed by atoms with E-state index in [0.717, 1.165) is 4.90 Å². The average Bonchev–Trinajstić information content (AvgIpc) is 3.15. The van der Waals surface area contributed by atoms with Gasteiger partial charge in [0.25, 0.3) is 5.91 Å². The van der Waals surface area contributed by atoms with Gasteiger partial charge in [0.05, 0.1) is 28.8 Å². The molecule has 1 heterocycles. The first-order valence-electron chi connectivity index (χ1n) is 8.22. The molecule has 1 amide bonds. The van der Waals surface area contributed by atoms with Crippen molar-refractivity contribution in [2.24, 2.45) is 0 Å². The molecule has 0 aromatic heterocycles. The van der Waals surface area contributed by atoms with Gasteiger partial charge in [0.15, 0.2) is 6.10 Å². The van der Waals surface area contributed by atoms with E-state index in [2.05, 4.69) is 5.32 Å². The van der Waals surface area contributed by atoms with E-state index in [4.69, 9.17) is 26.9 Å². The second-order valence-electron chi connectivity index (χ2n) is 6.13. The number of hydrogen-bond acceptors (Lipinski definition) is 5. The molecule has 10 heteroatoms. The SMILES string of the molecule is N#Cc1ccc(NC(=O)C2CN(c3ccc(C#N)c(Cl)c3)C(C(F)(F)F)O2)cc1. The van der Waals surface area contributed by atoms with Crippen LogP contribution in [0.3, 0.4) is 0 Å². The first kappa shape index (κ1) is 20.5. The topological polar surface area (TPSA) is 89.2 Å². The summed E-state index contributed by atoms with van der Waals surface area (Å²) in [5, 5.41) is 20.2. The van der Waals surface area contributed by atoms with Crippen LogP contribution in [0.4, 0.5) is 24.5 Å². The van der Waals surface area contributed by atoms with Crippen molar-refractivity contribution >= 4 is 28.9 Å². The maximum Gasteiger partial charge on any atom is 0.433 e. The minimum absolute atomic E-state index is 0.00333. The number of rotatable bonds is 3. The number of nitrogens with one attached hydrogen (secondary N) is 1. The highest BCUT2D eigenvalue weighted by Gasteiger charge is 2.52. The van der Waals surface area contributed by atoms with Crippen LogP contribution in [0.15, 0.2) is 42.5 Å². The predicted molar refractivity (Wildman–Crippen MR) is 98.0 cm³/mol. The summed E-state index contributed by atoms with van der Waals surface area (Å²) in [7, 11) is 0. The molecule has 1 fully saturated rings. The van der Waals surface area contributed by atoms with E-state index in [1.165, 1.54) is 42.5 Å². The smallest absolute Gasteiger partial charge is 0.335 e. The van der Waals surface area contributed by atoms with Gasteiger partial charge in [-0.1, -0.05) is 11.6 Å². The summed E-state index contributed by atoms with van der Waals surface area (Å²) in [5.41, 5.74) is 0.890. The third-order valence-electron chi connectivity index (χ3n) is 4.20. The molecule has 0 bridgehead atoms. The van der Waals surface area contributed by atoms with E-state index in [-0.39, 0.29) is 22.8 Å². The van der Waals surface area contributed by atoms with Crippen molar-refractivity contribution in [2.75, 3.05) is 16.8 Å². The fourth-order valence-corrected chi connectivity index (χ4v) is 3.03. The van der Waals surface area contributed by atoms with Crippen LogP contribution in [0.5, 0.6) is 0 Å². The molecule has 3 rings (SSSR count). The average molecular weight is 421 g/mol. The van der Waals surface area contributed by atoms with Crippen LogP contribution in [0.2, 0.25) is 5.02 Å². The normalized spacial score (nSPS) is 18.8. The van der Waals surface area contributed by atoms with Gasteiger partial charge in [-0.05, 0) is 42.5 Å². The van der Waals surface area contributed by atoms with Gasteiger partial charge in [0, 0.05) is 11.4 Å². The van der Waals surface area contributed by atoms with Crippen LogP contribution < -0.4 is 10.2 Å². The summed E-state index contributed by atoms with van der Waals surface area (Å²) in [6.07, 6.45) is -8.50. The van der Waals surface area contributed by atoms with Crippen molar-refractivity contribution in [2.45, 2.75) is 18.5 Å². The van der Waals surface area contributed by atoms with Crippen molar-refractivity contribution in [3.63, 3.8) is 0 Å². The number of carbonyl (C=O) groups excluding carboxylic acids is 1. The number of nitrogens with zero attached hydrogens (tertiary/aromatic N) is 3. The lowest BCUT2D eigenvalue weighted by atomic mass is 10.2. The Morgan fingerprint density at radius 2 is 1.86 bits per heavy atom. The molecular formula is C19H12ClF3N4O2. The number of carbonyl (C=O) groups is 1. The zero-order valence-electron chi connectivity index (χ0n) is 14.6. The lowest BCUT2D eigenvalue weighted by Crippen LogP contribution is -2.42. The van der Waals surface area contributed by atoms with E-state index in [0.29, 0.717) is 11.3 Å². The molecule has 148 valence electrons. The first-order valence-corrected chi connectivity index (χ1v) is 8.60. The van der Waals surface area contributed by atoms with Crippen LogP contribution >= 0.6 is 11.6 Å². The summed E-state index contributed by atoms with van der Waals surface area (Å²) < 4.78 is 45.4. The number of nitriles is 2. The molecule has 0 saturated carbocycles. The minimum atomic E-state index is -4.76. The Bertz CT molecular complexity index is 1010. The second kappa shape index (κ2) is 8.00. The Hall–Kier alpha value is -3.27. The Kier molecular flexibility index (Phi) is 5.64. The Morgan fingerprint density at radius 3 is 2.41 bits per heavy atom. The van der Waals surface area contributed by atoms with E-state index in [1.807, 2.05) is 12.1 Å². The molecule has 2 aromatic rings. The standard InChI is InChI=1S/C19H12ClF3N4O2/c20-15-7-14(6-3-12(15)9-25)27-10-16(29-18(27)19(21,22)23)17(28)26-13-4-1-11(8-24)2-5-13/h1-7,16,18H,10H2,(H,26,28). The Morgan fingerprint density at radius 1 is 1.17 bits per heavy atom. The molecule has 1 saturated heterocycles.